The number of benzene rings is 1. The van der Waals surface area contributed by atoms with Crippen LogP contribution < -0.4 is 4.74 Å². The highest BCUT2D eigenvalue weighted by atomic mass is 35.5. The average molecular weight is 283 g/mol. The molecule has 19 heavy (non-hydrogen) atoms. The summed E-state index contributed by atoms with van der Waals surface area (Å²) in [6, 6.07) is 3.29. The number of ketones is 1. The molecule has 1 aromatic rings. The van der Waals surface area contributed by atoms with E-state index in [4.69, 9.17) is 16.3 Å². The summed E-state index contributed by atoms with van der Waals surface area (Å²) < 4.78 is 5.60. The zero-order valence-corrected chi connectivity index (χ0v) is 12.1. The molecule has 1 aromatic carbocycles. The molecule has 104 valence electrons. The number of Topliss-reactive ketones (excluding diaryl/α,β-unsaturated/α-hetero) is 1. The van der Waals surface area contributed by atoms with Crippen molar-refractivity contribution < 1.29 is 14.6 Å². The normalized spacial score (nSPS) is 10.3. The van der Waals surface area contributed by atoms with Crippen LogP contribution in [0.4, 0.5) is 0 Å². The van der Waals surface area contributed by atoms with E-state index < -0.39 is 0 Å². The molecule has 0 heterocycles. The molecule has 0 fully saturated rings. The fourth-order valence-electron chi connectivity index (χ4n) is 1.75. The van der Waals surface area contributed by atoms with Crippen LogP contribution in [0.25, 0.3) is 0 Å². The highest BCUT2D eigenvalue weighted by molar-refractivity contribution is 6.19. The molecule has 0 bridgehead atoms. The van der Waals surface area contributed by atoms with Crippen molar-refractivity contribution in [3.8, 4) is 11.5 Å². The fourth-order valence-corrected chi connectivity index (χ4v) is 1.82. The van der Waals surface area contributed by atoms with Crippen molar-refractivity contribution in [2.75, 3.05) is 12.5 Å². The summed E-state index contributed by atoms with van der Waals surface area (Å²) in [7, 11) is 0. The number of alkyl halides is 1. The smallest absolute Gasteiger partial charge is 0.163 e. The van der Waals surface area contributed by atoms with Crippen LogP contribution in [0.1, 0.15) is 36.2 Å². The van der Waals surface area contributed by atoms with Crippen molar-refractivity contribution in [2.45, 2.75) is 26.7 Å². The molecule has 0 saturated heterocycles. The number of halogens is 1. The summed E-state index contributed by atoms with van der Waals surface area (Å²) in [6.07, 6.45) is 1.50. The molecule has 0 aliphatic carbocycles. The highest BCUT2D eigenvalue weighted by Gasteiger charge is 2.15. The molecule has 0 radical (unpaired) electrons. The Morgan fingerprint density at radius 2 is 2.16 bits per heavy atom. The maximum absolute atomic E-state index is 11.4. The lowest BCUT2D eigenvalue weighted by Crippen LogP contribution is -2.05. The molecular weight excluding hydrogens is 264 g/mol. The van der Waals surface area contributed by atoms with Crippen LogP contribution in [0.2, 0.25) is 0 Å². The quantitative estimate of drug-likeness (QED) is 0.471. The van der Waals surface area contributed by atoms with Gasteiger partial charge in [-0.2, -0.15) is 0 Å². The molecule has 0 saturated carbocycles. The Morgan fingerprint density at radius 1 is 1.47 bits per heavy atom. The van der Waals surface area contributed by atoms with Crippen molar-refractivity contribution >= 4 is 17.4 Å². The minimum atomic E-state index is -0.161. The first kappa shape index (κ1) is 15.6. The summed E-state index contributed by atoms with van der Waals surface area (Å²) in [6.45, 7) is 7.50. The van der Waals surface area contributed by atoms with E-state index in [1.54, 1.807) is 12.1 Å². The standard InChI is InChI=1S/C15H19ClO3/c1-4-5-13-14(19-9-10(2)8-16)7-6-12(11(3)17)15(13)18/h6-7,18H,2,4-5,8-9H2,1,3H3. The van der Waals surface area contributed by atoms with E-state index in [2.05, 4.69) is 6.58 Å². The number of carbonyl (C=O) groups is 1. The molecule has 0 unspecified atom stereocenters. The topological polar surface area (TPSA) is 46.5 Å². The van der Waals surface area contributed by atoms with Gasteiger partial charge in [-0.05, 0) is 31.1 Å². The van der Waals surface area contributed by atoms with Crippen molar-refractivity contribution in [1.29, 1.82) is 0 Å². The van der Waals surface area contributed by atoms with Gasteiger partial charge < -0.3 is 9.84 Å². The predicted molar refractivity (Wildman–Crippen MR) is 77.5 cm³/mol. The van der Waals surface area contributed by atoms with Gasteiger partial charge in [0.2, 0.25) is 0 Å². The second-order valence-electron chi connectivity index (χ2n) is 4.42. The van der Waals surface area contributed by atoms with Crippen LogP contribution in [-0.4, -0.2) is 23.4 Å². The Bertz CT molecular complexity index is 481. The van der Waals surface area contributed by atoms with E-state index in [1.807, 2.05) is 6.92 Å². The number of phenolic OH excluding ortho intramolecular Hbond substituents is 1. The molecule has 0 spiro atoms. The molecular formula is C15H19ClO3. The maximum Gasteiger partial charge on any atom is 0.163 e. The lowest BCUT2D eigenvalue weighted by atomic mass is 10.0. The van der Waals surface area contributed by atoms with Crippen molar-refractivity contribution in [3.63, 3.8) is 0 Å². The second-order valence-corrected chi connectivity index (χ2v) is 4.68. The number of rotatable bonds is 7. The Morgan fingerprint density at radius 3 is 2.68 bits per heavy atom. The first-order valence-corrected chi connectivity index (χ1v) is 6.75. The van der Waals surface area contributed by atoms with Crippen molar-refractivity contribution in [1.82, 2.24) is 0 Å². The zero-order chi connectivity index (χ0) is 14.4. The van der Waals surface area contributed by atoms with Gasteiger partial charge in [-0.15, -0.1) is 11.6 Å². The third-order valence-electron chi connectivity index (χ3n) is 2.74. The molecule has 0 amide bonds. The molecule has 4 heteroatoms. The largest absolute Gasteiger partial charge is 0.507 e. The third-order valence-corrected chi connectivity index (χ3v) is 3.12. The summed E-state index contributed by atoms with van der Waals surface area (Å²) in [5, 5.41) is 10.1. The average Bonchev–Trinajstić information content (AvgIpc) is 2.38. The number of hydrogen-bond acceptors (Lipinski definition) is 3. The Balaban J connectivity index is 3.06. The van der Waals surface area contributed by atoms with E-state index in [1.165, 1.54) is 6.92 Å². The Labute approximate surface area is 118 Å². The van der Waals surface area contributed by atoms with E-state index in [-0.39, 0.29) is 11.5 Å². The predicted octanol–water partition coefficient (Wildman–Crippen LogP) is 3.72. The monoisotopic (exact) mass is 282 g/mol. The van der Waals surface area contributed by atoms with Crippen LogP contribution >= 0.6 is 11.6 Å². The maximum atomic E-state index is 11.4. The second kappa shape index (κ2) is 7.19. The number of ether oxygens (including phenoxy) is 1. The number of hydrogen-bond donors (Lipinski definition) is 1. The van der Waals surface area contributed by atoms with Crippen LogP contribution in [0, 0.1) is 0 Å². The van der Waals surface area contributed by atoms with E-state index >= 15 is 0 Å². The van der Waals surface area contributed by atoms with E-state index in [9.17, 15) is 9.90 Å². The highest BCUT2D eigenvalue weighted by Crippen LogP contribution is 2.33. The van der Waals surface area contributed by atoms with Gasteiger partial charge >= 0.3 is 0 Å². The first-order valence-electron chi connectivity index (χ1n) is 6.22. The van der Waals surface area contributed by atoms with E-state index in [0.717, 1.165) is 12.0 Å². The van der Waals surface area contributed by atoms with Gasteiger partial charge in [-0.3, -0.25) is 4.79 Å². The van der Waals surface area contributed by atoms with Crippen molar-refractivity contribution in [3.05, 3.63) is 35.4 Å². The third kappa shape index (κ3) is 4.00. The number of carbonyl (C=O) groups excluding carboxylic acids is 1. The Kier molecular flexibility index (Phi) is 5.90. The molecule has 0 aliphatic rings. The fraction of sp³-hybridized carbons (Fsp3) is 0.400. The number of aromatic hydroxyl groups is 1. The zero-order valence-electron chi connectivity index (χ0n) is 11.3. The molecule has 1 N–H and O–H groups in total. The van der Waals surface area contributed by atoms with Gasteiger partial charge in [-0.1, -0.05) is 19.9 Å². The SMILES string of the molecule is C=C(CCl)COc1ccc(C(C)=O)c(O)c1CCC. The van der Waals surface area contributed by atoms with Crippen LogP contribution in [-0.2, 0) is 6.42 Å². The number of phenols is 1. The molecule has 1 rings (SSSR count). The van der Waals surface area contributed by atoms with Gasteiger partial charge in [0.05, 0.1) is 5.56 Å². The van der Waals surface area contributed by atoms with Gasteiger partial charge in [0.1, 0.15) is 18.1 Å². The van der Waals surface area contributed by atoms with Crippen LogP contribution in [0.3, 0.4) is 0 Å². The molecule has 0 atom stereocenters. The minimum Gasteiger partial charge on any atom is -0.507 e. The lowest BCUT2D eigenvalue weighted by molar-refractivity contribution is 0.101. The summed E-state index contributed by atoms with van der Waals surface area (Å²) >= 11 is 5.64. The van der Waals surface area contributed by atoms with Gasteiger partial charge in [0, 0.05) is 11.4 Å². The van der Waals surface area contributed by atoms with Crippen LogP contribution in [0.15, 0.2) is 24.3 Å². The van der Waals surface area contributed by atoms with Gasteiger partial charge in [0.15, 0.2) is 5.78 Å². The summed E-state index contributed by atoms with van der Waals surface area (Å²) in [5.41, 5.74) is 1.75. The lowest BCUT2D eigenvalue weighted by Gasteiger charge is -2.14. The van der Waals surface area contributed by atoms with E-state index in [0.29, 0.717) is 35.8 Å². The Hall–Kier alpha value is -1.48. The summed E-state index contributed by atoms with van der Waals surface area (Å²) in [5.74, 6) is 0.770. The van der Waals surface area contributed by atoms with Gasteiger partial charge in [-0.25, -0.2) is 0 Å². The molecule has 3 nitrogen and oxygen atoms in total. The van der Waals surface area contributed by atoms with Crippen molar-refractivity contribution in [2.24, 2.45) is 0 Å². The first-order chi connectivity index (χ1) is 9.01. The molecule has 0 aromatic heterocycles. The minimum absolute atomic E-state index is 0.0170. The summed E-state index contributed by atoms with van der Waals surface area (Å²) in [4.78, 5) is 11.4. The van der Waals surface area contributed by atoms with Gasteiger partial charge in [0.25, 0.3) is 0 Å². The molecule has 0 aliphatic heterocycles. The van der Waals surface area contributed by atoms with Crippen LogP contribution in [0.5, 0.6) is 11.5 Å².